The van der Waals surface area contributed by atoms with Crippen LogP contribution in [0.15, 0.2) is 0 Å². The van der Waals surface area contributed by atoms with E-state index in [1.165, 1.54) is 4.90 Å². The van der Waals surface area contributed by atoms with Crippen LogP contribution in [0.3, 0.4) is 0 Å². The quantitative estimate of drug-likeness (QED) is 0.780. The third-order valence-corrected chi connectivity index (χ3v) is 2.70. The van der Waals surface area contributed by atoms with Gasteiger partial charge < -0.3 is 10.0 Å². The molecule has 0 aromatic rings. The Morgan fingerprint density at radius 3 is 2.25 bits per heavy atom. The lowest BCUT2D eigenvalue weighted by Gasteiger charge is -2.23. The van der Waals surface area contributed by atoms with E-state index < -0.39 is 5.97 Å². The van der Waals surface area contributed by atoms with Gasteiger partial charge in [0.25, 0.3) is 0 Å². The maximum absolute atomic E-state index is 11.9. The molecule has 92 valence electrons. The molecular weight excluding hydrogens is 206 g/mol. The number of aliphatic carboxylic acids is 1. The smallest absolute Gasteiger partial charge is 0.323 e. The van der Waals surface area contributed by atoms with Crippen molar-refractivity contribution in [2.45, 2.75) is 52.5 Å². The molecule has 0 aromatic carbocycles. The second-order valence-corrected chi connectivity index (χ2v) is 5.71. The van der Waals surface area contributed by atoms with Crippen LogP contribution in [0.1, 0.15) is 46.5 Å². The minimum Gasteiger partial charge on any atom is -0.480 e. The summed E-state index contributed by atoms with van der Waals surface area (Å²) in [6.45, 7) is 6.10. The normalized spacial score (nSPS) is 15.9. The number of carboxylic acid groups (broad SMARTS) is 1. The minimum atomic E-state index is -0.920. The Hall–Kier alpha value is -1.06. The first-order valence-electron chi connectivity index (χ1n) is 5.81. The molecular formula is C12H21NO3. The fourth-order valence-corrected chi connectivity index (χ4v) is 1.58. The van der Waals surface area contributed by atoms with Crippen molar-refractivity contribution in [3.63, 3.8) is 0 Å². The second-order valence-electron chi connectivity index (χ2n) is 5.71. The summed E-state index contributed by atoms with van der Waals surface area (Å²) >= 11 is 0. The molecule has 1 fully saturated rings. The maximum atomic E-state index is 11.9. The number of amides is 1. The van der Waals surface area contributed by atoms with E-state index in [1.54, 1.807) is 0 Å². The molecule has 0 atom stereocenters. The van der Waals surface area contributed by atoms with Crippen LogP contribution in [0.4, 0.5) is 0 Å². The predicted molar refractivity (Wildman–Crippen MR) is 61.1 cm³/mol. The number of carbonyl (C=O) groups excluding carboxylic acids is 1. The van der Waals surface area contributed by atoms with Crippen molar-refractivity contribution in [1.82, 2.24) is 4.90 Å². The third kappa shape index (κ3) is 4.64. The van der Waals surface area contributed by atoms with Crippen LogP contribution in [0.5, 0.6) is 0 Å². The molecule has 0 radical (unpaired) electrons. The number of nitrogens with zero attached hydrogens (tertiary/aromatic N) is 1. The summed E-state index contributed by atoms with van der Waals surface area (Å²) in [5.74, 6) is -0.934. The summed E-state index contributed by atoms with van der Waals surface area (Å²) in [7, 11) is 0. The molecule has 0 aromatic heterocycles. The Labute approximate surface area is 96.6 Å². The number of rotatable bonds is 5. The van der Waals surface area contributed by atoms with Crippen LogP contribution in [-0.2, 0) is 9.59 Å². The molecule has 16 heavy (non-hydrogen) atoms. The summed E-state index contributed by atoms with van der Waals surface area (Å²) in [6.07, 6.45) is 3.16. The van der Waals surface area contributed by atoms with Gasteiger partial charge in [-0.3, -0.25) is 9.59 Å². The third-order valence-electron chi connectivity index (χ3n) is 2.70. The summed E-state index contributed by atoms with van der Waals surface area (Å²) in [6, 6.07) is 0.184. The highest BCUT2D eigenvalue weighted by Crippen LogP contribution is 2.28. The van der Waals surface area contributed by atoms with Crippen molar-refractivity contribution in [2.24, 2.45) is 5.41 Å². The van der Waals surface area contributed by atoms with Crippen molar-refractivity contribution in [2.75, 3.05) is 6.54 Å². The summed E-state index contributed by atoms with van der Waals surface area (Å²) in [5, 5.41) is 8.74. The molecule has 1 amide bonds. The molecule has 0 spiro atoms. The van der Waals surface area contributed by atoms with Crippen LogP contribution in [-0.4, -0.2) is 34.5 Å². The molecule has 1 aliphatic carbocycles. The highest BCUT2D eigenvalue weighted by Gasteiger charge is 2.33. The van der Waals surface area contributed by atoms with Gasteiger partial charge >= 0.3 is 5.97 Å². The standard InChI is InChI=1S/C12H21NO3/c1-12(2,3)7-6-10(14)13(8-11(15)16)9-4-5-9/h9H,4-8H2,1-3H3,(H,15,16). The number of hydrogen-bond acceptors (Lipinski definition) is 2. The van der Waals surface area contributed by atoms with E-state index in [0.29, 0.717) is 6.42 Å². The van der Waals surface area contributed by atoms with Crippen LogP contribution in [0, 0.1) is 5.41 Å². The first-order valence-corrected chi connectivity index (χ1v) is 5.81. The van der Waals surface area contributed by atoms with Crippen molar-refractivity contribution in [1.29, 1.82) is 0 Å². The molecule has 1 saturated carbocycles. The van der Waals surface area contributed by atoms with Gasteiger partial charge in [-0.1, -0.05) is 20.8 Å². The topological polar surface area (TPSA) is 57.6 Å². The van der Waals surface area contributed by atoms with Crippen molar-refractivity contribution >= 4 is 11.9 Å². The average Bonchev–Trinajstić information content (AvgIpc) is 2.92. The minimum absolute atomic E-state index is 0.0141. The van der Waals surface area contributed by atoms with E-state index in [9.17, 15) is 9.59 Å². The fourth-order valence-electron chi connectivity index (χ4n) is 1.58. The van der Waals surface area contributed by atoms with Crippen LogP contribution in [0.25, 0.3) is 0 Å². The van der Waals surface area contributed by atoms with Crippen LogP contribution in [0.2, 0.25) is 0 Å². The lowest BCUT2D eigenvalue weighted by Crippen LogP contribution is -2.37. The van der Waals surface area contributed by atoms with Gasteiger partial charge in [-0.15, -0.1) is 0 Å². The van der Waals surface area contributed by atoms with Gasteiger partial charge in [0.2, 0.25) is 5.91 Å². The van der Waals surface area contributed by atoms with Crippen molar-refractivity contribution < 1.29 is 14.7 Å². The van der Waals surface area contributed by atoms with Gasteiger partial charge in [0, 0.05) is 12.5 Å². The Balaban J connectivity index is 2.44. The van der Waals surface area contributed by atoms with Crippen molar-refractivity contribution in [3.05, 3.63) is 0 Å². The van der Waals surface area contributed by atoms with Gasteiger partial charge in [-0.05, 0) is 24.7 Å². The molecule has 0 aliphatic heterocycles. The Kier molecular flexibility index (Phi) is 3.94. The summed E-state index contributed by atoms with van der Waals surface area (Å²) < 4.78 is 0. The van der Waals surface area contributed by atoms with Gasteiger partial charge in [0.05, 0.1) is 0 Å². The van der Waals surface area contributed by atoms with Gasteiger partial charge in [-0.2, -0.15) is 0 Å². The highest BCUT2D eigenvalue weighted by molar-refractivity contribution is 5.81. The number of hydrogen-bond donors (Lipinski definition) is 1. The largest absolute Gasteiger partial charge is 0.480 e. The van der Waals surface area contributed by atoms with Gasteiger partial charge in [0.15, 0.2) is 0 Å². The fraction of sp³-hybridized carbons (Fsp3) is 0.833. The zero-order valence-corrected chi connectivity index (χ0v) is 10.3. The zero-order chi connectivity index (χ0) is 12.3. The maximum Gasteiger partial charge on any atom is 0.323 e. The van der Waals surface area contributed by atoms with E-state index in [1.807, 2.05) is 0 Å². The SMILES string of the molecule is CC(C)(C)CCC(=O)N(CC(=O)O)C1CC1. The van der Waals surface area contributed by atoms with Crippen LogP contribution < -0.4 is 0 Å². The molecule has 0 bridgehead atoms. The molecule has 1 N–H and O–H groups in total. The Morgan fingerprint density at radius 1 is 1.31 bits per heavy atom. The van der Waals surface area contributed by atoms with E-state index in [0.717, 1.165) is 19.3 Å². The van der Waals surface area contributed by atoms with Gasteiger partial charge in [0.1, 0.15) is 6.54 Å². The molecule has 0 heterocycles. The van der Waals surface area contributed by atoms with E-state index in [-0.39, 0.29) is 23.9 Å². The van der Waals surface area contributed by atoms with E-state index in [4.69, 9.17) is 5.11 Å². The predicted octanol–water partition coefficient (Wildman–Crippen LogP) is 1.89. The number of carboxylic acids is 1. The summed E-state index contributed by atoms with van der Waals surface area (Å²) in [5.41, 5.74) is 0.119. The lowest BCUT2D eigenvalue weighted by atomic mass is 9.90. The Bertz CT molecular complexity index is 276. The second kappa shape index (κ2) is 4.85. The molecule has 1 aliphatic rings. The van der Waals surface area contributed by atoms with E-state index >= 15 is 0 Å². The van der Waals surface area contributed by atoms with E-state index in [2.05, 4.69) is 20.8 Å². The number of carbonyl (C=O) groups is 2. The van der Waals surface area contributed by atoms with Gasteiger partial charge in [-0.25, -0.2) is 0 Å². The molecule has 1 rings (SSSR count). The Morgan fingerprint density at radius 2 is 1.88 bits per heavy atom. The first kappa shape index (κ1) is 13.0. The zero-order valence-electron chi connectivity index (χ0n) is 10.3. The lowest BCUT2D eigenvalue weighted by molar-refractivity contribution is -0.145. The molecule has 4 heteroatoms. The molecule has 0 saturated heterocycles. The van der Waals surface area contributed by atoms with Crippen molar-refractivity contribution in [3.8, 4) is 0 Å². The highest BCUT2D eigenvalue weighted by atomic mass is 16.4. The molecule has 0 unspecified atom stereocenters. The van der Waals surface area contributed by atoms with Crippen LogP contribution >= 0.6 is 0 Å². The first-order chi connectivity index (χ1) is 7.29. The molecule has 4 nitrogen and oxygen atoms in total. The average molecular weight is 227 g/mol. The summed E-state index contributed by atoms with van der Waals surface area (Å²) in [4.78, 5) is 24.0. The monoisotopic (exact) mass is 227 g/mol.